The van der Waals surface area contributed by atoms with Crippen LogP contribution in [-0.2, 0) is 0 Å². The second-order valence-electron chi connectivity index (χ2n) is 6.31. The molecular formula is C21H16Cl2FN5O. The maximum Gasteiger partial charge on any atom is 0.249 e. The number of nitrogens with zero attached hydrogens (tertiary/aromatic N) is 2. The van der Waals surface area contributed by atoms with E-state index in [1.54, 1.807) is 42.6 Å². The Morgan fingerprint density at radius 2 is 1.80 bits per heavy atom. The Morgan fingerprint density at radius 1 is 1.03 bits per heavy atom. The first kappa shape index (κ1) is 21.3. The van der Waals surface area contributed by atoms with Gasteiger partial charge in [0, 0.05) is 22.9 Å². The highest BCUT2D eigenvalue weighted by molar-refractivity contribution is 6.33. The molecule has 0 aliphatic carbocycles. The molecule has 5 N–H and O–H groups in total. The topological polar surface area (TPSA) is 111 Å². The molecule has 0 saturated heterocycles. The number of benzene rings is 2. The van der Waals surface area contributed by atoms with E-state index in [-0.39, 0.29) is 23.4 Å². The molecule has 2 heterocycles. The fourth-order valence-electron chi connectivity index (χ4n) is 3.17. The van der Waals surface area contributed by atoms with Crippen molar-refractivity contribution in [3.05, 3.63) is 77.2 Å². The standard InChI is InChI=1S/C21H15ClFN5O.ClH/c22-16-9-11(23)5-6-14(16)19-15(12-3-1-2-4-13(12)20(24)29)10-18(27-19)17-7-8-26-21(25)28-17;/h1-10,27H,(H2,24,29)(H2,25,26,28);1H. The average Bonchev–Trinajstić information content (AvgIpc) is 3.13. The summed E-state index contributed by atoms with van der Waals surface area (Å²) in [5.41, 5.74) is 15.2. The molecule has 30 heavy (non-hydrogen) atoms. The molecule has 0 unspecified atom stereocenters. The van der Waals surface area contributed by atoms with Crippen LogP contribution in [0, 0.1) is 5.82 Å². The highest BCUT2D eigenvalue weighted by Crippen LogP contribution is 2.39. The van der Waals surface area contributed by atoms with Crippen molar-refractivity contribution in [2.45, 2.75) is 0 Å². The van der Waals surface area contributed by atoms with Gasteiger partial charge in [0.25, 0.3) is 0 Å². The van der Waals surface area contributed by atoms with Gasteiger partial charge in [-0.1, -0.05) is 29.8 Å². The lowest BCUT2D eigenvalue weighted by Crippen LogP contribution is -2.12. The molecule has 0 bridgehead atoms. The largest absolute Gasteiger partial charge is 0.368 e. The Balaban J connectivity index is 0.00000256. The van der Waals surface area contributed by atoms with Crippen molar-refractivity contribution in [2.24, 2.45) is 5.73 Å². The number of halogens is 3. The van der Waals surface area contributed by atoms with Crippen LogP contribution in [-0.4, -0.2) is 20.9 Å². The van der Waals surface area contributed by atoms with Gasteiger partial charge < -0.3 is 16.5 Å². The van der Waals surface area contributed by atoms with E-state index in [1.807, 2.05) is 6.07 Å². The smallest absolute Gasteiger partial charge is 0.249 e. The maximum absolute atomic E-state index is 13.6. The quantitative estimate of drug-likeness (QED) is 0.424. The highest BCUT2D eigenvalue weighted by Gasteiger charge is 2.20. The molecule has 9 heteroatoms. The second-order valence-corrected chi connectivity index (χ2v) is 6.71. The van der Waals surface area contributed by atoms with Gasteiger partial charge in [0.2, 0.25) is 11.9 Å². The molecule has 0 atom stereocenters. The molecule has 2 aromatic carbocycles. The van der Waals surface area contributed by atoms with Gasteiger partial charge >= 0.3 is 0 Å². The van der Waals surface area contributed by atoms with E-state index in [9.17, 15) is 9.18 Å². The molecule has 1 amide bonds. The second kappa shape index (κ2) is 8.52. The fourth-order valence-corrected chi connectivity index (χ4v) is 3.43. The molecular weight excluding hydrogens is 428 g/mol. The zero-order chi connectivity index (χ0) is 20.5. The van der Waals surface area contributed by atoms with Gasteiger partial charge in [-0.05, 0) is 42.0 Å². The highest BCUT2D eigenvalue weighted by atomic mass is 35.5. The number of primary amides is 1. The predicted molar refractivity (Wildman–Crippen MR) is 118 cm³/mol. The third kappa shape index (κ3) is 3.98. The number of H-pyrrole nitrogens is 1. The first-order valence-electron chi connectivity index (χ1n) is 8.60. The summed E-state index contributed by atoms with van der Waals surface area (Å²) in [6.07, 6.45) is 1.54. The minimum atomic E-state index is -0.564. The van der Waals surface area contributed by atoms with Gasteiger partial charge in [-0.3, -0.25) is 4.79 Å². The Bertz CT molecular complexity index is 1240. The molecule has 4 rings (SSSR count). The number of carbonyl (C=O) groups excluding carboxylic acids is 1. The van der Waals surface area contributed by atoms with Crippen molar-refractivity contribution < 1.29 is 9.18 Å². The minimum absolute atomic E-state index is 0. The summed E-state index contributed by atoms with van der Waals surface area (Å²) in [5.74, 6) is -0.892. The van der Waals surface area contributed by atoms with E-state index in [4.69, 9.17) is 23.1 Å². The van der Waals surface area contributed by atoms with Crippen LogP contribution < -0.4 is 11.5 Å². The van der Waals surface area contributed by atoms with Crippen molar-refractivity contribution in [1.29, 1.82) is 0 Å². The van der Waals surface area contributed by atoms with Gasteiger partial charge in [-0.15, -0.1) is 12.4 Å². The number of rotatable bonds is 4. The Morgan fingerprint density at radius 3 is 2.50 bits per heavy atom. The van der Waals surface area contributed by atoms with Crippen molar-refractivity contribution in [2.75, 3.05) is 5.73 Å². The zero-order valence-electron chi connectivity index (χ0n) is 15.4. The number of aromatic nitrogens is 3. The van der Waals surface area contributed by atoms with Gasteiger partial charge in [-0.2, -0.15) is 0 Å². The number of nitrogens with two attached hydrogens (primary N) is 2. The molecule has 0 radical (unpaired) electrons. The summed E-state index contributed by atoms with van der Waals surface area (Å²) in [4.78, 5) is 23.4. The van der Waals surface area contributed by atoms with Gasteiger partial charge in [0.1, 0.15) is 5.82 Å². The number of carbonyl (C=O) groups is 1. The van der Waals surface area contributed by atoms with Crippen LogP contribution in [0.15, 0.2) is 60.8 Å². The van der Waals surface area contributed by atoms with Crippen LogP contribution in [0.1, 0.15) is 10.4 Å². The third-order valence-corrected chi connectivity index (χ3v) is 4.76. The lowest BCUT2D eigenvalue weighted by atomic mass is 9.96. The van der Waals surface area contributed by atoms with E-state index >= 15 is 0 Å². The number of anilines is 1. The Labute approximate surface area is 182 Å². The Kier molecular flexibility index (Phi) is 6.05. The van der Waals surface area contributed by atoms with Crippen LogP contribution >= 0.6 is 24.0 Å². The van der Waals surface area contributed by atoms with E-state index in [2.05, 4.69) is 15.0 Å². The third-order valence-electron chi connectivity index (χ3n) is 4.45. The van der Waals surface area contributed by atoms with Crippen molar-refractivity contribution >= 4 is 35.9 Å². The molecule has 4 aromatic rings. The van der Waals surface area contributed by atoms with E-state index in [1.165, 1.54) is 12.1 Å². The molecule has 0 saturated carbocycles. The van der Waals surface area contributed by atoms with Crippen molar-refractivity contribution in [3.8, 4) is 33.8 Å². The normalized spacial score (nSPS) is 10.5. The van der Waals surface area contributed by atoms with Gasteiger partial charge in [0.05, 0.1) is 22.1 Å². The lowest BCUT2D eigenvalue weighted by Gasteiger charge is -2.09. The predicted octanol–water partition coefficient (Wildman–Crippen LogP) is 4.70. The van der Waals surface area contributed by atoms with Crippen molar-refractivity contribution in [3.63, 3.8) is 0 Å². The molecule has 2 aromatic heterocycles. The fraction of sp³-hybridized carbons (Fsp3) is 0. The maximum atomic E-state index is 13.6. The van der Waals surface area contributed by atoms with Crippen LogP contribution in [0.4, 0.5) is 10.3 Å². The number of amides is 1. The number of hydrogen-bond donors (Lipinski definition) is 3. The summed E-state index contributed by atoms with van der Waals surface area (Å²) >= 11 is 6.31. The molecule has 0 aliphatic heterocycles. The van der Waals surface area contributed by atoms with Gasteiger partial charge in [0.15, 0.2) is 0 Å². The van der Waals surface area contributed by atoms with Crippen LogP contribution in [0.3, 0.4) is 0 Å². The number of nitrogens with one attached hydrogen (secondary N) is 1. The van der Waals surface area contributed by atoms with Crippen LogP contribution in [0.2, 0.25) is 5.02 Å². The molecule has 6 nitrogen and oxygen atoms in total. The van der Waals surface area contributed by atoms with Crippen molar-refractivity contribution in [1.82, 2.24) is 15.0 Å². The summed E-state index contributed by atoms with van der Waals surface area (Å²) < 4.78 is 13.6. The van der Waals surface area contributed by atoms with Crippen LogP contribution in [0.25, 0.3) is 33.8 Å². The number of aromatic amines is 1. The van der Waals surface area contributed by atoms with Gasteiger partial charge in [-0.25, -0.2) is 14.4 Å². The summed E-state index contributed by atoms with van der Waals surface area (Å²) in [5, 5.41) is 0.221. The number of hydrogen-bond acceptors (Lipinski definition) is 4. The molecule has 0 fully saturated rings. The minimum Gasteiger partial charge on any atom is -0.368 e. The summed E-state index contributed by atoms with van der Waals surface area (Å²) in [6.45, 7) is 0. The summed E-state index contributed by atoms with van der Waals surface area (Å²) in [6, 6.07) is 14.6. The average molecular weight is 444 g/mol. The molecule has 0 aliphatic rings. The van der Waals surface area contributed by atoms with E-state index in [0.717, 1.165) is 0 Å². The van der Waals surface area contributed by atoms with E-state index in [0.29, 0.717) is 39.3 Å². The van der Waals surface area contributed by atoms with E-state index < -0.39 is 11.7 Å². The number of nitrogen functional groups attached to an aromatic ring is 1. The first-order chi connectivity index (χ1) is 13.9. The summed E-state index contributed by atoms with van der Waals surface area (Å²) in [7, 11) is 0. The zero-order valence-corrected chi connectivity index (χ0v) is 17.0. The lowest BCUT2D eigenvalue weighted by molar-refractivity contribution is 0.100. The molecule has 152 valence electrons. The SMILES string of the molecule is Cl.NC(=O)c1ccccc1-c1cc(-c2ccnc(N)n2)[nH]c1-c1ccc(F)cc1Cl. The first-order valence-corrected chi connectivity index (χ1v) is 8.98. The molecule has 0 spiro atoms. The Hall–Kier alpha value is -3.42. The monoisotopic (exact) mass is 443 g/mol. The van der Waals surface area contributed by atoms with Crippen LogP contribution in [0.5, 0.6) is 0 Å².